The van der Waals surface area contributed by atoms with Crippen LogP contribution in [0.15, 0.2) is 12.5 Å². The summed E-state index contributed by atoms with van der Waals surface area (Å²) in [5, 5.41) is 10.8. The van der Waals surface area contributed by atoms with Crippen LogP contribution >= 0.6 is 0 Å². The summed E-state index contributed by atoms with van der Waals surface area (Å²) >= 11 is 0. The Hall–Kier alpha value is -1.56. The molecule has 1 aliphatic rings. The molecule has 2 heterocycles. The number of carbonyl (C=O) groups excluding carboxylic acids is 1. The first-order valence-corrected chi connectivity index (χ1v) is 7.36. The van der Waals surface area contributed by atoms with Gasteiger partial charge in [0.25, 0.3) is 0 Å². The first-order chi connectivity index (χ1) is 9.69. The second-order valence-corrected chi connectivity index (χ2v) is 6.89. The van der Waals surface area contributed by atoms with E-state index in [1.54, 1.807) is 17.4 Å². The molecule has 6 heteroatoms. The molecule has 1 N–H and O–H groups in total. The number of imidazole rings is 1. The zero-order valence-electron chi connectivity index (χ0n) is 13.3. The normalized spacial score (nSPS) is 23.2. The van der Waals surface area contributed by atoms with Crippen molar-refractivity contribution in [1.82, 2.24) is 14.5 Å². The number of rotatable bonds is 2. The van der Waals surface area contributed by atoms with Gasteiger partial charge in [0.1, 0.15) is 11.2 Å². The molecule has 0 radical (unpaired) electrons. The maximum absolute atomic E-state index is 12.1. The standard InChI is InChI=1S/C15H25N3O3/c1-12-8-16-11-18(12)10-15(20)6-5-7-17(9-15)13(19)21-14(2,3)4/h8,11,20H,5-7,9-10H2,1-4H3. The second-order valence-electron chi connectivity index (χ2n) is 6.89. The number of carbonyl (C=O) groups is 1. The molecule has 0 spiro atoms. The first kappa shape index (κ1) is 15.8. The van der Waals surface area contributed by atoms with Crippen LogP contribution in [-0.2, 0) is 11.3 Å². The van der Waals surface area contributed by atoms with E-state index >= 15 is 0 Å². The van der Waals surface area contributed by atoms with Crippen LogP contribution in [0.25, 0.3) is 0 Å². The topological polar surface area (TPSA) is 67.6 Å². The van der Waals surface area contributed by atoms with Crippen molar-refractivity contribution >= 4 is 6.09 Å². The Bertz CT molecular complexity index is 507. The van der Waals surface area contributed by atoms with Crippen molar-refractivity contribution in [3.8, 4) is 0 Å². The van der Waals surface area contributed by atoms with Crippen LogP contribution < -0.4 is 0 Å². The van der Waals surface area contributed by atoms with Crippen molar-refractivity contribution in [2.45, 2.75) is 58.3 Å². The lowest BCUT2D eigenvalue weighted by molar-refractivity contribution is -0.0520. The lowest BCUT2D eigenvalue weighted by Gasteiger charge is -2.39. The average molecular weight is 295 g/mol. The summed E-state index contributed by atoms with van der Waals surface area (Å²) in [6, 6.07) is 0. The van der Waals surface area contributed by atoms with Gasteiger partial charge in [-0.15, -0.1) is 0 Å². The van der Waals surface area contributed by atoms with Gasteiger partial charge in [0.05, 0.1) is 19.4 Å². The SMILES string of the molecule is Cc1cncn1CC1(O)CCCN(C(=O)OC(C)(C)C)C1. The molecule has 1 fully saturated rings. The van der Waals surface area contributed by atoms with E-state index in [0.29, 0.717) is 26.1 Å². The Morgan fingerprint density at radius 2 is 2.24 bits per heavy atom. The molecule has 0 saturated carbocycles. The molecule has 0 bridgehead atoms. The number of ether oxygens (including phenoxy) is 1. The number of piperidine rings is 1. The predicted octanol–water partition coefficient (Wildman–Crippen LogP) is 1.95. The molecular formula is C15H25N3O3. The van der Waals surface area contributed by atoms with Crippen LogP contribution in [0.3, 0.4) is 0 Å². The number of hydrogen-bond donors (Lipinski definition) is 1. The summed E-state index contributed by atoms with van der Waals surface area (Å²) in [6.07, 6.45) is 4.55. The summed E-state index contributed by atoms with van der Waals surface area (Å²) in [5.41, 5.74) is -0.452. The van der Waals surface area contributed by atoms with Crippen LogP contribution in [-0.4, -0.2) is 49.9 Å². The molecule has 118 valence electrons. The van der Waals surface area contributed by atoms with E-state index in [4.69, 9.17) is 4.74 Å². The maximum Gasteiger partial charge on any atom is 0.410 e. The second kappa shape index (κ2) is 5.67. The molecule has 0 aliphatic carbocycles. The lowest BCUT2D eigenvalue weighted by Crippen LogP contribution is -2.53. The molecule has 1 atom stereocenters. The quantitative estimate of drug-likeness (QED) is 0.905. The minimum atomic E-state index is -0.930. The third kappa shape index (κ3) is 4.20. The Labute approximate surface area is 125 Å². The number of aromatic nitrogens is 2. The van der Waals surface area contributed by atoms with Crippen LogP contribution in [0, 0.1) is 6.92 Å². The van der Waals surface area contributed by atoms with Crippen molar-refractivity contribution in [2.24, 2.45) is 0 Å². The van der Waals surface area contributed by atoms with Gasteiger partial charge in [0, 0.05) is 18.4 Å². The molecule has 1 amide bonds. The summed E-state index contributed by atoms with van der Waals surface area (Å²) < 4.78 is 7.30. The number of aryl methyl sites for hydroxylation is 1. The highest BCUT2D eigenvalue weighted by atomic mass is 16.6. The van der Waals surface area contributed by atoms with Gasteiger partial charge in [0.2, 0.25) is 0 Å². The summed E-state index contributed by atoms with van der Waals surface area (Å²) in [7, 11) is 0. The molecule has 1 aromatic heterocycles. The highest BCUT2D eigenvalue weighted by Crippen LogP contribution is 2.25. The van der Waals surface area contributed by atoms with E-state index < -0.39 is 11.2 Å². The minimum absolute atomic E-state index is 0.291. The monoisotopic (exact) mass is 295 g/mol. The van der Waals surface area contributed by atoms with Crippen LogP contribution in [0.4, 0.5) is 4.79 Å². The smallest absolute Gasteiger partial charge is 0.410 e. The Morgan fingerprint density at radius 3 is 2.81 bits per heavy atom. The van der Waals surface area contributed by atoms with Gasteiger partial charge in [-0.2, -0.15) is 0 Å². The Morgan fingerprint density at radius 1 is 1.52 bits per heavy atom. The third-order valence-corrected chi connectivity index (χ3v) is 3.59. The highest BCUT2D eigenvalue weighted by Gasteiger charge is 2.37. The number of nitrogens with zero attached hydrogens (tertiary/aromatic N) is 3. The van der Waals surface area contributed by atoms with Gasteiger partial charge in [0.15, 0.2) is 0 Å². The van der Waals surface area contributed by atoms with Gasteiger partial charge < -0.3 is 19.3 Å². The molecule has 2 rings (SSSR count). The fourth-order valence-electron chi connectivity index (χ4n) is 2.59. The van der Waals surface area contributed by atoms with Gasteiger partial charge in [-0.05, 0) is 40.5 Å². The van der Waals surface area contributed by atoms with E-state index in [0.717, 1.165) is 12.1 Å². The van der Waals surface area contributed by atoms with Crippen LogP contribution in [0.1, 0.15) is 39.3 Å². The summed E-state index contributed by atoms with van der Waals surface area (Å²) in [6.45, 7) is 8.84. The van der Waals surface area contributed by atoms with E-state index in [9.17, 15) is 9.90 Å². The van der Waals surface area contributed by atoms with E-state index in [-0.39, 0.29) is 6.09 Å². The third-order valence-electron chi connectivity index (χ3n) is 3.59. The van der Waals surface area contributed by atoms with Crippen molar-refractivity contribution in [2.75, 3.05) is 13.1 Å². The molecule has 6 nitrogen and oxygen atoms in total. The van der Waals surface area contributed by atoms with Crippen molar-refractivity contribution in [3.63, 3.8) is 0 Å². The van der Waals surface area contributed by atoms with E-state index in [1.807, 2.05) is 32.3 Å². The molecular weight excluding hydrogens is 270 g/mol. The van der Waals surface area contributed by atoms with Crippen molar-refractivity contribution in [3.05, 3.63) is 18.2 Å². The van der Waals surface area contributed by atoms with E-state index in [1.165, 1.54) is 0 Å². The first-order valence-electron chi connectivity index (χ1n) is 7.36. The Balaban J connectivity index is 2.02. The number of likely N-dealkylation sites (tertiary alicyclic amines) is 1. The minimum Gasteiger partial charge on any atom is -0.444 e. The fourth-order valence-corrected chi connectivity index (χ4v) is 2.59. The number of β-amino-alcohol motifs (C(OH)–C–C–N with tert-alkyl or cyclic N) is 1. The molecule has 1 aliphatic heterocycles. The van der Waals surface area contributed by atoms with E-state index in [2.05, 4.69) is 4.98 Å². The van der Waals surface area contributed by atoms with Crippen molar-refractivity contribution < 1.29 is 14.6 Å². The molecule has 21 heavy (non-hydrogen) atoms. The molecule has 1 unspecified atom stereocenters. The highest BCUT2D eigenvalue weighted by molar-refractivity contribution is 5.68. The zero-order chi connectivity index (χ0) is 15.7. The maximum atomic E-state index is 12.1. The van der Waals surface area contributed by atoms with Crippen molar-refractivity contribution in [1.29, 1.82) is 0 Å². The average Bonchev–Trinajstić information content (AvgIpc) is 2.72. The Kier molecular flexibility index (Phi) is 4.27. The fraction of sp³-hybridized carbons (Fsp3) is 0.733. The van der Waals surface area contributed by atoms with Crippen LogP contribution in [0.2, 0.25) is 0 Å². The van der Waals surface area contributed by atoms with Crippen LogP contribution in [0.5, 0.6) is 0 Å². The number of aliphatic hydroxyl groups is 1. The molecule has 1 aromatic rings. The summed E-state index contributed by atoms with van der Waals surface area (Å²) in [5.74, 6) is 0. The largest absolute Gasteiger partial charge is 0.444 e. The van der Waals surface area contributed by atoms with Gasteiger partial charge in [-0.25, -0.2) is 9.78 Å². The van der Waals surface area contributed by atoms with Gasteiger partial charge >= 0.3 is 6.09 Å². The number of hydrogen-bond acceptors (Lipinski definition) is 4. The predicted molar refractivity (Wildman–Crippen MR) is 79.0 cm³/mol. The lowest BCUT2D eigenvalue weighted by atomic mass is 9.93. The molecule has 1 saturated heterocycles. The van der Waals surface area contributed by atoms with Gasteiger partial charge in [-0.3, -0.25) is 0 Å². The van der Waals surface area contributed by atoms with Gasteiger partial charge in [-0.1, -0.05) is 0 Å². The number of amides is 1. The summed E-state index contributed by atoms with van der Waals surface area (Å²) in [4.78, 5) is 17.8. The zero-order valence-corrected chi connectivity index (χ0v) is 13.3. The molecule has 0 aromatic carbocycles.